The summed E-state index contributed by atoms with van der Waals surface area (Å²) in [6.45, 7) is 5.98. The summed E-state index contributed by atoms with van der Waals surface area (Å²) >= 11 is 12.6. The van der Waals surface area contributed by atoms with Gasteiger partial charge in [-0.2, -0.15) is 0 Å². The molecule has 0 bridgehead atoms. The van der Waals surface area contributed by atoms with Gasteiger partial charge in [0.2, 0.25) is 0 Å². The Hall–Kier alpha value is -1.52. The summed E-state index contributed by atoms with van der Waals surface area (Å²) in [6.07, 6.45) is 6.20. The first-order valence-electron chi connectivity index (χ1n) is 10.7. The first-order valence-corrected chi connectivity index (χ1v) is 11.4. The second-order valence-electron chi connectivity index (χ2n) is 8.97. The number of hydrogen-bond donors (Lipinski definition) is 0. The zero-order valence-corrected chi connectivity index (χ0v) is 18.6. The van der Waals surface area contributed by atoms with Crippen molar-refractivity contribution in [3.05, 3.63) is 39.5 Å². The number of likely N-dealkylation sites (tertiary alicyclic amines) is 1. The third-order valence-electron chi connectivity index (χ3n) is 6.42. The fourth-order valence-corrected chi connectivity index (χ4v) is 5.78. The molecule has 6 heteroatoms. The summed E-state index contributed by atoms with van der Waals surface area (Å²) in [7, 11) is 0. The van der Waals surface area contributed by atoms with Crippen LogP contribution in [0.1, 0.15) is 57.9 Å². The number of halogens is 2. The normalized spacial score (nSPS) is 26.6. The van der Waals surface area contributed by atoms with Crippen LogP contribution in [0.3, 0.4) is 0 Å². The summed E-state index contributed by atoms with van der Waals surface area (Å²) in [6, 6.07) is 5.13. The number of amides is 2. The van der Waals surface area contributed by atoms with Crippen molar-refractivity contribution in [2.75, 3.05) is 13.1 Å². The lowest BCUT2D eigenvalue weighted by molar-refractivity contribution is -0.141. The highest BCUT2D eigenvalue weighted by atomic mass is 35.5. The van der Waals surface area contributed by atoms with E-state index < -0.39 is 0 Å². The highest BCUT2D eigenvalue weighted by Crippen LogP contribution is 2.40. The van der Waals surface area contributed by atoms with Crippen LogP contribution in [0.2, 0.25) is 10.0 Å². The zero-order valence-electron chi connectivity index (χ0n) is 17.1. The number of rotatable bonds is 3. The van der Waals surface area contributed by atoms with Gasteiger partial charge in [-0.1, -0.05) is 62.4 Å². The van der Waals surface area contributed by atoms with E-state index in [0.717, 1.165) is 45.2 Å². The summed E-state index contributed by atoms with van der Waals surface area (Å²) in [5, 5.41) is 0.928. The van der Waals surface area contributed by atoms with Crippen molar-refractivity contribution in [3.63, 3.8) is 0 Å². The van der Waals surface area contributed by atoms with Crippen molar-refractivity contribution in [2.24, 2.45) is 11.8 Å². The molecule has 1 aromatic rings. The van der Waals surface area contributed by atoms with Crippen LogP contribution in [-0.2, 0) is 9.59 Å². The maximum atomic E-state index is 13.6. The molecule has 2 heterocycles. The minimum Gasteiger partial charge on any atom is -0.366 e. The van der Waals surface area contributed by atoms with Crippen LogP contribution < -0.4 is 0 Å². The molecule has 2 aliphatic heterocycles. The standard InChI is InChI=1S/C23H28Cl2N2O2/c1-14-10-15(2)13-26(12-14)21-20(18-9-8-16(24)11-19(18)25)22(28)27(23(21)29)17-6-4-3-5-7-17/h8-9,11,14-15,17H,3-7,10,12-13H2,1-2H3. The van der Waals surface area contributed by atoms with E-state index in [4.69, 9.17) is 23.2 Å². The van der Waals surface area contributed by atoms with Gasteiger partial charge < -0.3 is 4.90 Å². The molecule has 156 valence electrons. The van der Waals surface area contributed by atoms with Gasteiger partial charge in [0.15, 0.2) is 0 Å². The molecular weight excluding hydrogens is 407 g/mol. The molecule has 2 amide bonds. The molecule has 1 saturated carbocycles. The van der Waals surface area contributed by atoms with Gasteiger partial charge in [0.25, 0.3) is 11.8 Å². The van der Waals surface area contributed by atoms with Crippen LogP contribution in [-0.4, -0.2) is 40.7 Å². The third kappa shape index (κ3) is 3.94. The molecule has 3 aliphatic rings. The minimum absolute atomic E-state index is 0.0121. The number of carbonyl (C=O) groups excluding carboxylic acids is 2. The Morgan fingerprint density at radius 1 is 0.931 bits per heavy atom. The van der Waals surface area contributed by atoms with Crippen molar-refractivity contribution in [2.45, 2.75) is 58.4 Å². The molecule has 4 nitrogen and oxygen atoms in total. The van der Waals surface area contributed by atoms with Gasteiger partial charge in [0.05, 0.1) is 10.6 Å². The molecule has 0 spiro atoms. The van der Waals surface area contributed by atoms with Crippen molar-refractivity contribution >= 4 is 40.6 Å². The predicted molar refractivity (Wildman–Crippen MR) is 117 cm³/mol. The Balaban J connectivity index is 1.80. The minimum atomic E-state index is -0.202. The van der Waals surface area contributed by atoms with Gasteiger partial charge in [-0.15, -0.1) is 0 Å². The lowest BCUT2D eigenvalue weighted by Gasteiger charge is -2.37. The van der Waals surface area contributed by atoms with Crippen molar-refractivity contribution in [1.29, 1.82) is 0 Å². The molecule has 1 aromatic carbocycles. The molecule has 2 atom stereocenters. The Labute approximate surface area is 182 Å². The van der Waals surface area contributed by atoms with E-state index in [2.05, 4.69) is 18.7 Å². The zero-order chi connectivity index (χ0) is 20.7. The second kappa shape index (κ2) is 8.31. The Bertz CT molecular complexity index is 850. The number of piperidine rings is 1. The quantitative estimate of drug-likeness (QED) is 0.599. The second-order valence-corrected chi connectivity index (χ2v) is 9.81. The molecule has 1 saturated heterocycles. The number of benzene rings is 1. The average molecular weight is 435 g/mol. The highest BCUT2D eigenvalue weighted by Gasteiger charge is 2.46. The van der Waals surface area contributed by atoms with Gasteiger partial charge in [0, 0.05) is 29.7 Å². The summed E-state index contributed by atoms with van der Waals surface area (Å²) in [5.74, 6) is 0.593. The molecular formula is C23H28Cl2N2O2. The molecule has 1 aliphatic carbocycles. The topological polar surface area (TPSA) is 40.6 Å². The monoisotopic (exact) mass is 434 g/mol. The first-order chi connectivity index (χ1) is 13.9. The van der Waals surface area contributed by atoms with Crippen LogP contribution in [0.5, 0.6) is 0 Å². The van der Waals surface area contributed by atoms with Crippen LogP contribution in [0.4, 0.5) is 0 Å². The molecule has 2 fully saturated rings. The molecule has 29 heavy (non-hydrogen) atoms. The van der Waals surface area contributed by atoms with E-state index >= 15 is 0 Å². The molecule has 0 N–H and O–H groups in total. The van der Waals surface area contributed by atoms with Gasteiger partial charge in [0.1, 0.15) is 5.70 Å². The van der Waals surface area contributed by atoms with Gasteiger partial charge >= 0.3 is 0 Å². The fourth-order valence-electron chi connectivity index (χ4n) is 5.28. The summed E-state index contributed by atoms with van der Waals surface area (Å²) < 4.78 is 0. The Morgan fingerprint density at radius 3 is 2.21 bits per heavy atom. The summed E-state index contributed by atoms with van der Waals surface area (Å²) in [5.41, 5.74) is 1.58. The lowest BCUT2D eigenvalue weighted by atomic mass is 9.91. The highest BCUT2D eigenvalue weighted by molar-refractivity contribution is 6.41. The summed E-state index contributed by atoms with van der Waals surface area (Å²) in [4.78, 5) is 30.9. The largest absolute Gasteiger partial charge is 0.366 e. The molecule has 0 aromatic heterocycles. The van der Waals surface area contributed by atoms with Crippen molar-refractivity contribution in [3.8, 4) is 0 Å². The number of imide groups is 1. The molecule has 2 unspecified atom stereocenters. The third-order valence-corrected chi connectivity index (χ3v) is 6.96. The predicted octanol–water partition coefficient (Wildman–Crippen LogP) is 5.38. The van der Waals surface area contributed by atoms with Gasteiger partial charge in [-0.05, 0) is 43.2 Å². The van der Waals surface area contributed by atoms with Crippen LogP contribution in [0.25, 0.3) is 5.57 Å². The fraction of sp³-hybridized carbons (Fsp3) is 0.565. The van der Waals surface area contributed by atoms with Gasteiger partial charge in [-0.25, -0.2) is 0 Å². The Kier molecular flexibility index (Phi) is 5.94. The van der Waals surface area contributed by atoms with Crippen LogP contribution in [0, 0.1) is 11.8 Å². The van der Waals surface area contributed by atoms with Crippen molar-refractivity contribution < 1.29 is 9.59 Å². The molecule has 4 rings (SSSR count). The number of nitrogens with zero attached hydrogens (tertiary/aromatic N) is 2. The SMILES string of the molecule is CC1CC(C)CN(C2=C(c3ccc(Cl)cc3Cl)C(=O)N(C3CCCCC3)C2=O)C1. The van der Waals surface area contributed by atoms with E-state index in [1.807, 2.05) is 0 Å². The van der Waals surface area contributed by atoms with E-state index in [9.17, 15) is 9.59 Å². The van der Waals surface area contributed by atoms with Crippen LogP contribution in [0.15, 0.2) is 23.9 Å². The van der Waals surface area contributed by atoms with E-state index in [1.54, 1.807) is 18.2 Å². The van der Waals surface area contributed by atoms with Gasteiger partial charge in [-0.3, -0.25) is 14.5 Å². The van der Waals surface area contributed by atoms with E-state index in [0.29, 0.717) is 38.7 Å². The first kappa shape index (κ1) is 20.7. The maximum Gasteiger partial charge on any atom is 0.278 e. The van der Waals surface area contributed by atoms with E-state index in [1.165, 1.54) is 11.3 Å². The number of hydrogen-bond acceptors (Lipinski definition) is 3. The number of carbonyl (C=O) groups is 2. The smallest absolute Gasteiger partial charge is 0.278 e. The Morgan fingerprint density at radius 2 is 1.59 bits per heavy atom. The van der Waals surface area contributed by atoms with Crippen molar-refractivity contribution in [1.82, 2.24) is 9.80 Å². The maximum absolute atomic E-state index is 13.6. The van der Waals surface area contributed by atoms with Crippen LogP contribution >= 0.6 is 23.2 Å². The average Bonchev–Trinajstić information content (AvgIpc) is 2.92. The molecule has 0 radical (unpaired) electrons. The lowest BCUT2D eigenvalue weighted by Crippen LogP contribution is -2.45. The van der Waals surface area contributed by atoms with E-state index in [-0.39, 0.29) is 17.9 Å².